The van der Waals surface area contributed by atoms with Gasteiger partial charge < -0.3 is 4.74 Å². The molecule has 30 heavy (non-hydrogen) atoms. The molecular weight excluding hydrogens is 368 g/mol. The molecule has 3 aromatic rings. The van der Waals surface area contributed by atoms with Crippen LogP contribution in [-0.2, 0) is 9.53 Å². The van der Waals surface area contributed by atoms with Gasteiger partial charge in [-0.3, -0.25) is 4.79 Å². The highest BCUT2D eigenvalue weighted by atomic mass is 16.5. The third-order valence-corrected chi connectivity index (χ3v) is 7.95. The second-order valence-electron chi connectivity index (χ2n) is 9.45. The highest BCUT2D eigenvalue weighted by Crippen LogP contribution is 2.55. The maximum Gasteiger partial charge on any atom is 0.309 e. The zero-order valence-corrected chi connectivity index (χ0v) is 18.0. The fourth-order valence-electron chi connectivity index (χ4n) is 5.97. The number of esters is 1. The first kappa shape index (κ1) is 19.4. The summed E-state index contributed by atoms with van der Waals surface area (Å²) in [6, 6.07) is 23.3. The van der Waals surface area contributed by atoms with Crippen LogP contribution in [-0.4, -0.2) is 5.97 Å². The lowest BCUT2D eigenvalue weighted by molar-refractivity contribution is -0.156. The number of hydrogen-bond donors (Lipinski definition) is 0. The molecular formula is C28H30O2. The Bertz CT molecular complexity index is 1070. The van der Waals surface area contributed by atoms with Crippen molar-refractivity contribution in [2.75, 3.05) is 0 Å². The van der Waals surface area contributed by atoms with Gasteiger partial charge in [0.1, 0.15) is 6.10 Å². The number of fused-ring (bicyclic) bond motifs is 3. The molecule has 0 radical (unpaired) electrons. The molecule has 2 fully saturated rings. The first-order valence-corrected chi connectivity index (χ1v) is 11.3. The lowest BCUT2D eigenvalue weighted by atomic mass is 9.76. The lowest BCUT2D eigenvalue weighted by Crippen LogP contribution is -2.31. The number of ether oxygens (including phenoxy) is 1. The maximum absolute atomic E-state index is 13.0. The Hall–Kier alpha value is -2.61. The average Bonchev–Trinajstić information content (AvgIpc) is 3.33. The topological polar surface area (TPSA) is 26.3 Å². The largest absolute Gasteiger partial charge is 0.458 e. The van der Waals surface area contributed by atoms with E-state index in [1.165, 1.54) is 28.3 Å². The summed E-state index contributed by atoms with van der Waals surface area (Å²) in [5.41, 5.74) is 3.51. The molecule has 0 heterocycles. The minimum Gasteiger partial charge on any atom is -0.458 e. The van der Waals surface area contributed by atoms with Gasteiger partial charge in [-0.15, -0.1) is 0 Å². The Morgan fingerprint density at radius 1 is 0.933 bits per heavy atom. The Labute approximate surface area is 179 Å². The summed E-state index contributed by atoms with van der Waals surface area (Å²) in [4.78, 5) is 13.0. The third kappa shape index (κ3) is 3.23. The molecule has 2 bridgehead atoms. The summed E-state index contributed by atoms with van der Waals surface area (Å²) < 4.78 is 5.98. The van der Waals surface area contributed by atoms with Gasteiger partial charge in [0.05, 0.1) is 5.92 Å². The van der Waals surface area contributed by atoms with E-state index in [9.17, 15) is 4.79 Å². The molecule has 0 aliphatic heterocycles. The second-order valence-corrected chi connectivity index (χ2v) is 9.45. The molecule has 0 aromatic heterocycles. The molecule has 6 unspecified atom stereocenters. The molecule has 0 spiro atoms. The van der Waals surface area contributed by atoms with Gasteiger partial charge in [-0.05, 0) is 77.0 Å². The third-order valence-electron chi connectivity index (χ3n) is 7.95. The van der Waals surface area contributed by atoms with Crippen LogP contribution in [0.4, 0.5) is 0 Å². The average molecular weight is 399 g/mol. The summed E-state index contributed by atoms with van der Waals surface area (Å²) in [6.45, 7) is 6.66. The van der Waals surface area contributed by atoms with Crippen LogP contribution >= 0.6 is 0 Å². The van der Waals surface area contributed by atoms with E-state index in [-0.39, 0.29) is 18.0 Å². The molecule has 3 aromatic carbocycles. The van der Waals surface area contributed by atoms with Gasteiger partial charge in [-0.2, -0.15) is 0 Å². The van der Waals surface area contributed by atoms with Crippen molar-refractivity contribution < 1.29 is 9.53 Å². The maximum atomic E-state index is 13.0. The number of benzene rings is 3. The standard InChI is InChI=1S/C28H30O2/c1-17-18(2)26-15-23(17)16-27(26)28(29)30-19(3)21-12-13-25-22(14-21)10-7-11-24(25)20-8-5-4-6-9-20/h4-14,17-19,23,26-27H,15-16H2,1-3H3. The predicted octanol–water partition coefficient (Wildman–Crippen LogP) is 7.04. The Kier molecular flexibility index (Phi) is 4.89. The van der Waals surface area contributed by atoms with E-state index < -0.39 is 0 Å². The van der Waals surface area contributed by atoms with Crippen molar-refractivity contribution in [1.82, 2.24) is 0 Å². The predicted molar refractivity (Wildman–Crippen MR) is 122 cm³/mol. The number of carbonyl (C=O) groups is 1. The fraction of sp³-hybridized carbons (Fsp3) is 0.393. The molecule has 154 valence electrons. The van der Waals surface area contributed by atoms with Crippen molar-refractivity contribution in [3.8, 4) is 11.1 Å². The van der Waals surface area contributed by atoms with E-state index in [1.54, 1.807) is 0 Å². The molecule has 2 nitrogen and oxygen atoms in total. The molecule has 2 aliphatic carbocycles. The molecule has 2 saturated carbocycles. The molecule has 0 saturated heterocycles. The van der Waals surface area contributed by atoms with Crippen LogP contribution in [0.1, 0.15) is 45.3 Å². The van der Waals surface area contributed by atoms with Crippen LogP contribution in [0.5, 0.6) is 0 Å². The van der Waals surface area contributed by atoms with E-state index in [1.807, 2.05) is 13.0 Å². The van der Waals surface area contributed by atoms with Crippen molar-refractivity contribution in [2.45, 2.75) is 39.7 Å². The van der Waals surface area contributed by atoms with Gasteiger partial charge in [-0.25, -0.2) is 0 Å². The SMILES string of the molecule is CC(OC(=O)C1CC2CC1C(C)C2C)c1ccc2c(-c3ccccc3)cccc2c1. The van der Waals surface area contributed by atoms with Gasteiger partial charge in [0.15, 0.2) is 0 Å². The zero-order valence-electron chi connectivity index (χ0n) is 18.0. The van der Waals surface area contributed by atoms with Crippen LogP contribution in [0.25, 0.3) is 21.9 Å². The number of hydrogen-bond acceptors (Lipinski definition) is 2. The van der Waals surface area contributed by atoms with Crippen molar-refractivity contribution >= 4 is 16.7 Å². The first-order chi connectivity index (χ1) is 14.5. The second kappa shape index (κ2) is 7.58. The van der Waals surface area contributed by atoms with Gasteiger partial charge >= 0.3 is 5.97 Å². The van der Waals surface area contributed by atoms with Crippen LogP contribution in [0.3, 0.4) is 0 Å². The zero-order chi connectivity index (χ0) is 20.8. The van der Waals surface area contributed by atoms with Gasteiger partial charge in [-0.1, -0.05) is 74.5 Å². The summed E-state index contributed by atoms with van der Waals surface area (Å²) in [7, 11) is 0. The van der Waals surface area contributed by atoms with E-state index in [4.69, 9.17) is 4.74 Å². The van der Waals surface area contributed by atoms with Crippen molar-refractivity contribution in [3.05, 3.63) is 72.3 Å². The minimum atomic E-state index is -0.228. The van der Waals surface area contributed by atoms with Crippen LogP contribution in [0.15, 0.2) is 66.7 Å². The number of rotatable bonds is 4. The monoisotopic (exact) mass is 398 g/mol. The Morgan fingerprint density at radius 2 is 1.73 bits per heavy atom. The highest BCUT2D eigenvalue weighted by Gasteiger charge is 2.51. The van der Waals surface area contributed by atoms with Crippen LogP contribution < -0.4 is 0 Å². The highest BCUT2D eigenvalue weighted by molar-refractivity contribution is 5.97. The molecule has 0 N–H and O–H groups in total. The number of carbonyl (C=O) groups excluding carboxylic acids is 1. The van der Waals surface area contributed by atoms with Gasteiger partial charge in [0.2, 0.25) is 0 Å². The normalized spacial score (nSPS) is 28.6. The van der Waals surface area contributed by atoms with Gasteiger partial charge in [0.25, 0.3) is 0 Å². The molecule has 2 aliphatic rings. The van der Waals surface area contributed by atoms with Crippen LogP contribution in [0, 0.1) is 29.6 Å². The quantitative estimate of drug-likeness (QED) is 0.441. The van der Waals surface area contributed by atoms with E-state index in [2.05, 4.69) is 74.5 Å². The van der Waals surface area contributed by atoms with Gasteiger partial charge in [0, 0.05) is 0 Å². The lowest BCUT2D eigenvalue weighted by Gasteiger charge is -2.31. The Balaban J connectivity index is 1.36. The smallest absolute Gasteiger partial charge is 0.309 e. The summed E-state index contributed by atoms with van der Waals surface area (Å²) in [6.07, 6.45) is 1.99. The van der Waals surface area contributed by atoms with Crippen molar-refractivity contribution in [2.24, 2.45) is 29.6 Å². The molecule has 0 amide bonds. The molecule has 6 atom stereocenters. The summed E-state index contributed by atoms with van der Waals surface area (Å²) in [5.74, 6) is 2.69. The van der Waals surface area contributed by atoms with E-state index in [0.29, 0.717) is 17.8 Å². The van der Waals surface area contributed by atoms with E-state index in [0.717, 1.165) is 17.9 Å². The van der Waals surface area contributed by atoms with E-state index >= 15 is 0 Å². The molecule has 2 heteroatoms. The van der Waals surface area contributed by atoms with Crippen molar-refractivity contribution in [3.63, 3.8) is 0 Å². The summed E-state index contributed by atoms with van der Waals surface area (Å²) in [5, 5.41) is 2.40. The first-order valence-electron chi connectivity index (χ1n) is 11.3. The van der Waals surface area contributed by atoms with Crippen molar-refractivity contribution in [1.29, 1.82) is 0 Å². The van der Waals surface area contributed by atoms with Crippen LogP contribution in [0.2, 0.25) is 0 Å². The Morgan fingerprint density at radius 3 is 2.47 bits per heavy atom. The summed E-state index contributed by atoms with van der Waals surface area (Å²) >= 11 is 0. The fourth-order valence-corrected chi connectivity index (χ4v) is 5.97. The minimum absolute atomic E-state index is 0.00637. The molecule has 5 rings (SSSR count).